The third-order valence-electron chi connectivity index (χ3n) is 2.83. The molecule has 1 aliphatic rings. The summed E-state index contributed by atoms with van der Waals surface area (Å²) in [7, 11) is 0. The van der Waals surface area contributed by atoms with Crippen LogP contribution in [-0.2, 0) is 0 Å². The van der Waals surface area contributed by atoms with Crippen molar-refractivity contribution in [2.24, 2.45) is 5.41 Å². The van der Waals surface area contributed by atoms with Crippen molar-refractivity contribution in [3.63, 3.8) is 0 Å². The molecule has 1 aliphatic heterocycles. The van der Waals surface area contributed by atoms with E-state index < -0.39 is 5.60 Å². The molecule has 1 atom stereocenters. The van der Waals surface area contributed by atoms with Gasteiger partial charge in [0, 0.05) is 25.1 Å². The number of aliphatic hydroxyl groups is 2. The molecule has 1 unspecified atom stereocenters. The molecule has 84 valence electrons. The zero-order valence-electron chi connectivity index (χ0n) is 9.58. The average Bonchev–Trinajstić information content (AvgIpc) is 2.01. The Kier molecular flexibility index (Phi) is 3.56. The van der Waals surface area contributed by atoms with Gasteiger partial charge in [0.05, 0.1) is 5.60 Å². The highest BCUT2D eigenvalue weighted by atomic mass is 16.3. The maximum absolute atomic E-state index is 9.91. The van der Waals surface area contributed by atoms with Gasteiger partial charge in [0.15, 0.2) is 0 Å². The van der Waals surface area contributed by atoms with Gasteiger partial charge in [-0.2, -0.15) is 0 Å². The predicted molar refractivity (Wildman–Crippen MR) is 57.2 cm³/mol. The van der Waals surface area contributed by atoms with Crippen molar-refractivity contribution in [1.29, 1.82) is 0 Å². The number of piperidine rings is 1. The SMILES string of the molecule is CC(C)(CO)CN1CCCC(C)(O)C1. The summed E-state index contributed by atoms with van der Waals surface area (Å²) in [6.45, 7) is 8.83. The van der Waals surface area contributed by atoms with E-state index in [2.05, 4.69) is 18.7 Å². The largest absolute Gasteiger partial charge is 0.396 e. The number of aliphatic hydroxyl groups excluding tert-OH is 1. The Morgan fingerprint density at radius 2 is 2.07 bits per heavy atom. The Hall–Kier alpha value is -0.120. The maximum atomic E-state index is 9.91. The first-order chi connectivity index (χ1) is 6.35. The van der Waals surface area contributed by atoms with Crippen LogP contribution in [-0.4, -0.2) is 47.0 Å². The van der Waals surface area contributed by atoms with Crippen LogP contribution in [0.2, 0.25) is 0 Å². The lowest BCUT2D eigenvalue weighted by Crippen LogP contribution is -2.49. The molecule has 0 radical (unpaired) electrons. The highest BCUT2D eigenvalue weighted by molar-refractivity contribution is 4.85. The first-order valence-corrected chi connectivity index (χ1v) is 5.40. The van der Waals surface area contributed by atoms with Gasteiger partial charge in [-0.05, 0) is 26.3 Å². The second-order valence-corrected chi connectivity index (χ2v) is 5.63. The van der Waals surface area contributed by atoms with Gasteiger partial charge in [0.2, 0.25) is 0 Å². The van der Waals surface area contributed by atoms with E-state index in [4.69, 9.17) is 5.11 Å². The zero-order chi connectivity index (χ0) is 10.8. The van der Waals surface area contributed by atoms with Crippen LogP contribution in [0.4, 0.5) is 0 Å². The van der Waals surface area contributed by atoms with Gasteiger partial charge in [0.25, 0.3) is 0 Å². The Bertz CT molecular complexity index is 190. The molecular formula is C11H23NO2. The topological polar surface area (TPSA) is 43.7 Å². The summed E-state index contributed by atoms with van der Waals surface area (Å²) in [4.78, 5) is 2.25. The van der Waals surface area contributed by atoms with Crippen LogP contribution < -0.4 is 0 Å². The molecule has 0 aromatic rings. The van der Waals surface area contributed by atoms with Crippen molar-refractivity contribution in [3.05, 3.63) is 0 Å². The molecule has 0 spiro atoms. The van der Waals surface area contributed by atoms with E-state index in [-0.39, 0.29) is 12.0 Å². The third-order valence-corrected chi connectivity index (χ3v) is 2.83. The van der Waals surface area contributed by atoms with Crippen LogP contribution in [0, 0.1) is 5.41 Å². The maximum Gasteiger partial charge on any atom is 0.0746 e. The molecule has 14 heavy (non-hydrogen) atoms. The number of β-amino-alcohol motifs (C(OH)–C–C–N with tert-alkyl or cyclic N) is 1. The second kappa shape index (κ2) is 4.17. The fourth-order valence-corrected chi connectivity index (χ4v) is 2.11. The highest BCUT2D eigenvalue weighted by Gasteiger charge is 2.31. The number of rotatable bonds is 3. The van der Waals surface area contributed by atoms with Gasteiger partial charge in [-0.25, -0.2) is 0 Å². The monoisotopic (exact) mass is 201 g/mol. The molecule has 3 heteroatoms. The summed E-state index contributed by atoms with van der Waals surface area (Å²) in [6, 6.07) is 0. The fourth-order valence-electron chi connectivity index (χ4n) is 2.11. The van der Waals surface area contributed by atoms with Crippen molar-refractivity contribution >= 4 is 0 Å². The van der Waals surface area contributed by atoms with E-state index in [1.165, 1.54) is 0 Å². The lowest BCUT2D eigenvalue weighted by Gasteiger charge is -2.40. The minimum atomic E-state index is -0.538. The Morgan fingerprint density at radius 3 is 2.57 bits per heavy atom. The average molecular weight is 201 g/mol. The molecule has 0 aromatic carbocycles. The lowest BCUT2D eigenvalue weighted by atomic mass is 9.90. The molecular weight excluding hydrogens is 178 g/mol. The smallest absolute Gasteiger partial charge is 0.0746 e. The number of nitrogens with zero attached hydrogens (tertiary/aromatic N) is 1. The molecule has 1 heterocycles. The quantitative estimate of drug-likeness (QED) is 0.711. The summed E-state index contributed by atoms with van der Waals surface area (Å²) < 4.78 is 0. The zero-order valence-corrected chi connectivity index (χ0v) is 9.58. The molecule has 1 rings (SSSR count). The molecule has 0 saturated carbocycles. The minimum absolute atomic E-state index is 0.0621. The van der Waals surface area contributed by atoms with E-state index in [1.54, 1.807) is 0 Å². The standard InChI is InChI=1S/C11H23NO2/c1-10(2,9-13)7-12-6-4-5-11(3,14)8-12/h13-14H,4-9H2,1-3H3. The summed E-state index contributed by atoms with van der Waals surface area (Å²) in [6.07, 6.45) is 1.94. The molecule has 0 aromatic heterocycles. The van der Waals surface area contributed by atoms with Crippen molar-refractivity contribution in [1.82, 2.24) is 4.90 Å². The van der Waals surface area contributed by atoms with E-state index >= 15 is 0 Å². The van der Waals surface area contributed by atoms with E-state index in [1.807, 2.05) is 6.92 Å². The van der Waals surface area contributed by atoms with Crippen LogP contribution >= 0.6 is 0 Å². The fraction of sp³-hybridized carbons (Fsp3) is 1.00. The van der Waals surface area contributed by atoms with Crippen molar-refractivity contribution < 1.29 is 10.2 Å². The first kappa shape index (κ1) is 12.0. The molecule has 1 fully saturated rings. The number of hydrogen-bond donors (Lipinski definition) is 2. The van der Waals surface area contributed by atoms with Crippen molar-refractivity contribution in [2.75, 3.05) is 26.2 Å². The highest BCUT2D eigenvalue weighted by Crippen LogP contribution is 2.24. The Labute approximate surface area is 86.7 Å². The van der Waals surface area contributed by atoms with E-state index in [0.29, 0.717) is 0 Å². The van der Waals surface area contributed by atoms with Gasteiger partial charge >= 0.3 is 0 Å². The summed E-state index contributed by atoms with van der Waals surface area (Å²) in [5, 5.41) is 19.1. The molecule has 2 N–H and O–H groups in total. The summed E-state index contributed by atoms with van der Waals surface area (Å²) in [5.74, 6) is 0. The summed E-state index contributed by atoms with van der Waals surface area (Å²) >= 11 is 0. The normalized spacial score (nSPS) is 30.6. The van der Waals surface area contributed by atoms with Gasteiger partial charge < -0.3 is 10.2 Å². The molecule has 1 saturated heterocycles. The third kappa shape index (κ3) is 3.56. The molecule has 0 aliphatic carbocycles. The number of likely N-dealkylation sites (tertiary alicyclic amines) is 1. The Balaban J connectivity index is 2.46. The Morgan fingerprint density at radius 1 is 1.43 bits per heavy atom. The predicted octanol–water partition coefficient (Wildman–Crippen LogP) is 0.852. The van der Waals surface area contributed by atoms with Gasteiger partial charge in [0.1, 0.15) is 0 Å². The van der Waals surface area contributed by atoms with Crippen molar-refractivity contribution in [2.45, 2.75) is 39.2 Å². The van der Waals surface area contributed by atoms with Gasteiger partial charge in [-0.1, -0.05) is 13.8 Å². The molecule has 3 nitrogen and oxygen atoms in total. The first-order valence-electron chi connectivity index (χ1n) is 5.40. The minimum Gasteiger partial charge on any atom is -0.396 e. The van der Waals surface area contributed by atoms with Crippen LogP contribution in [0.15, 0.2) is 0 Å². The number of hydrogen-bond acceptors (Lipinski definition) is 3. The van der Waals surface area contributed by atoms with Crippen LogP contribution in [0.5, 0.6) is 0 Å². The lowest BCUT2D eigenvalue weighted by molar-refractivity contribution is -0.0305. The van der Waals surface area contributed by atoms with Crippen LogP contribution in [0.1, 0.15) is 33.6 Å². The molecule has 0 bridgehead atoms. The van der Waals surface area contributed by atoms with Gasteiger partial charge in [-0.15, -0.1) is 0 Å². The van der Waals surface area contributed by atoms with Crippen molar-refractivity contribution in [3.8, 4) is 0 Å². The van der Waals surface area contributed by atoms with E-state index in [9.17, 15) is 5.11 Å². The summed E-state index contributed by atoms with van der Waals surface area (Å²) in [5.41, 5.74) is -0.600. The second-order valence-electron chi connectivity index (χ2n) is 5.63. The van der Waals surface area contributed by atoms with E-state index in [0.717, 1.165) is 32.5 Å². The van der Waals surface area contributed by atoms with Crippen LogP contribution in [0.3, 0.4) is 0 Å². The van der Waals surface area contributed by atoms with Crippen LogP contribution in [0.25, 0.3) is 0 Å². The van der Waals surface area contributed by atoms with Gasteiger partial charge in [-0.3, -0.25) is 4.90 Å². The molecule has 0 amide bonds.